The average molecular weight is 254 g/mol. The molecule has 0 heterocycles. The van der Waals surface area contributed by atoms with Crippen molar-refractivity contribution in [3.8, 4) is 5.75 Å². The van der Waals surface area contributed by atoms with Crippen molar-refractivity contribution in [2.45, 2.75) is 13.3 Å². The molecule has 0 radical (unpaired) electrons. The highest BCUT2D eigenvalue weighted by Crippen LogP contribution is 2.15. The summed E-state index contributed by atoms with van der Waals surface area (Å²) in [5.41, 5.74) is 1.21. The first-order valence-corrected chi connectivity index (χ1v) is 6.11. The molecule has 0 bridgehead atoms. The molecule has 0 aliphatic rings. The maximum atomic E-state index is 12.1. The topological polar surface area (TPSA) is 43.4 Å². The van der Waals surface area contributed by atoms with Gasteiger partial charge in [0.2, 0.25) is 0 Å². The van der Waals surface area contributed by atoms with Gasteiger partial charge in [0.15, 0.2) is 5.78 Å². The monoisotopic (exact) mass is 254 g/mol. The van der Waals surface area contributed by atoms with E-state index in [1.54, 1.807) is 43.3 Å². The molecule has 0 aliphatic heterocycles. The normalized spacial score (nSPS) is 9.95. The summed E-state index contributed by atoms with van der Waals surface area (Å²) in [6.07, 6.45) is 0.324. The van der Waals surface area contributed by atoms with Crippen LogP contribution in [-0.4, -0.2) is 11.8 Å². The second-order valence-electron chi connectivity index (χ2n) is 4.05. The van der Waals surface area contributed by atoms with Crippen LogP contribution in [0.2, 0.25) is 0 Å². The summed E-state index contributed by atoms with van der Waals surface area (Å²) >= 11 is 0. The van der Waals surface area contributed by atoms with Gasteiger partial charge in [-0.2, -0.15) is 0 Å². The van der Waals surface area contributed by atoms with Gasteiger partial charge in [-0.15, -0.1) is 0 Å². The summed E-state index contributed by atoms with van der Waals surface area (Å²) < 4.78 is 5.05. The summed E-state index contributed by atoms with van der Waals surface area (Å²) in [6.45, 7) is 1.73. The predicted octanol–water partition coefficient (Wildman–Crippen LogP) is 3.23. The van der Waals surface area contributed by atoms with Crippen LogP contribution < -0.4 is 4.74 Å². The van der Waals surface area contributed by atoms with Crippen LogP contribution in [0, 0.1) is 0 Å². The molecule has 0 unspecified atom stereocenters. The Morgan fingerprint density at radius 1 is 0.895 bits per heavy atom. The van der Waals surface area contributed by atoms with Crippen LogP contribution in [-0.2, 0) is 4.79 Å². The minimum atomic E-state index is -0.290. The van der Waals surface area contributed by atoms with Gasteiger partial charge in [0.25, 0.3) is 0 Å². The first-order valence-electron chi connectivity index (χ1n) is 6.11. The number of esters is 1. The standard InChI is InChI=1S/C16H14O3/c1-2-15(17)19-14-10-8-13(9-11-14)16(18)12-6-4-3-5-7-12/h3-11H,2H2,1H3. The molecule has 2 aromatic rings. The molecule has 0 spiro atoms. The van der Waals surface area contributed by atoms with Crippen LogP contribution in [0.25, 0.3) is 0 Å². The largest absolute Gasteiger partial charge is 0.427 e. The van der Waals surface area contributed by atoms with Crippen molar-refractivity contribution < 1.29 is 14.3 Å². The fraction of sp³-hybridized carbons (Fsp3) is 0.125. The minimum absolute atomic E-state index is 0.0473. The summed E-state index contributed by atoms with van der Waals surface area (Å²) in [4.78, 5) is 23.3. The first kappa shape index (κ1) is 13.0. The zero-order valence-corrected chi connectivity index (χ0v) is 10.6. The fourth-order valence-electron chi connectivity index (χ4n) is 1.63. The lowest BCUT2D eigenvalue weighted by Crippen LogP contribution is -2.06. The summed E-state index contributed by atoms with van der Waals surface area (Å²) in [6, 6.07) is 15.6. The van der Waals surface area contributed by atoms with Gasteiger partial charge in [-0.3, -0.25) is 9.59 Å². The minimum Gasteiger partial charge on any atom is -0.427 e. The second-order valence-corrected chi connectivity index (χ2v) is 4.05. The van der Waals surface area contributed by atoms with Crippen LogP contribution in [0.5, 0.6) is 5.75 Å². The number of benzene rings is 2. The molecular formula is C16H14O3. The zero-order chi connectivity index (χ0) is 13.7. The molecule has 2 aromatic carbocycles. The molecule has 0 atom stereocenters. The van der Waals surface area contributed by atoms with Crippen molar-refractivity contribution in [1.82, 2.24) is 0 Å². The first-order chi connectivity index (χ1) is 9.20. The highest BCUT2D eigenvalue weighted by molar-refractivity contribution is 6.09. The third-order valence-corrected chi connectivity index (χ3v) is 2.67. The van der Waals surface area contributed by atoms with Crippen LogP contribution in [0.1, 0.15) is 29.3 Å². The van der Waals surface area contributed by atoms with Gasteiger partial charge in [0, 0.05) is 17.5 Å². The smallest absolute Gasteiger partial charge is 0.310 e. The van der Waals surface area contributed by atoms with Crippen molar-refractivity contribution in [1.29, 1.82) is 0 Å². The Hall–Kier alpha value is -2.42. The number of rotatable bonds is 4. The van der Waals surface area contributed by atoms with Crippen molar-refractivity contribution in [3.05, 3.63) is 65.7 Å². The molecule has 2 rings (SSSR count). The van der Waals surface area contributed by atoms with Crippen molar-refractivity contribution in [2.24, 2.45) is 0 Å². The van der Waals surface area contributed by atoms with Gasteiger partial charge < -0.3 is 4.74 Å². The second kappa shape index (κ2) is 5.96. The quantitative estimate of drug-likeness (QED) is 0.478. The van der Waals surface area contributed by atoms with Crippen LogP contribution in [0.3, 0.4) is 0 Å². The third-order valence-electron chi connectivity index (χ3n) is 2.67. The van der Waals surface area contributed by atoms with E-state index < -0.39 is 0 Å². The van der Waals surface area contributed by atoms with Gasteiger partial charge >= 0.3 is 5.97 Å². The lowest BCUT2D eigenvalue weighted by Gasteiger charge is -2.04. The highest BCUT2D eigenvalue weighted by atomic mass is 16.5. The van der Waals surface area contributed by atoms with E-state index >= 15 is 0 Å². The number of carbonyl (C=O) groups is 2. The van der Waals surface area contributed by atoms with Crippen molar-refractivity contribution in [3.63, 3.8) is 0 Å². The van der Waals surface area contributed by atoms with E-state index in [0.29, 0.717) is 23.3 Å². The zero-order valence-electron chi connectivity index (χ0n) is 10.6. The van der Waals surface area contributed by atoms with E-state index in [1.165, 1.54) is 0 Å². The van der Waals surface area contributed by atoms with Gasteiger partial charge in [0.1, 0.15) is 5.75 Å². The van der Waals surface area contributed by atoms with E-state index in [2.05, 4.69) is 0 Å². The SMILES string of the molecule is CCC(=O)Oc1ccc(C(=O)c2ccccc2)cc1. The number of hydrogen-bond donors (Lipinski definition) is 0. The Kier molecular flexibility index (Phi) is 4.08. The summed E-state index contributed by atoms with van der Waals surface area (Å²) in [5, 5.41) is 0. The Bertz CT molecular complexity index is 571. The van der Waals surface area contributed by atoms with Gasteiger partial charge in [-0.25, -0.2) is 0 Å². The Labute approximate surface area is 111 Å². The van der Waals surface area contributed by atoms with E-state index in [1.807, 2.05) is 18.2 Å². The molecule has 0 fully saturated rings. The third kappa shape index (κ3) is 3.28. The maximum Gasteiger partial charge on any atom is 0.310 e. The number of ether oxygens (including phenoxy) is 1. The number of carbonyl (C=O) groups excluding carboxylic acids is 2. The molecule has 96 valence electrons. The van der Waals surface area contributed by atoms with Crippen LogP contribution in [0.15, 0.2) is 54.6 Å². The van der Waals surface area contributed by atoms with Gasteiger partial charge in [0.05, 0.1) is 0 Å². The molecular weight excluding hydrogens is 240 g/mol. The molecule has 3 nitrogen and oxygen atoms in total. The summed E-state index contributed by atoms with van der Waals surface area (Å²) in [5.74, 6) is 0.118. The molecule has 0 saturated heterocycles. The van der Waals surface area contributed by atoms with Gasteiger partial charge in [-0.1, -0.05) is 37.3 Å². The molecule has 0 amide bonds. The maximum absolute atomic E-state index is 12.1. The van der Waals surface area contributed by atoms with Gasteiger partial charge in [-0.05, 0) is 24.3 Å². The lowest BCUT2D eigenvalue weighted by molar-refractivity contribution is -0.134. The Morgan fingerprint density at radius 2 is 1.47 bits per heavy atom. The van der Waals surface area contributed by atoms with E-state index in [0.717, 1.165) is 0 Å². The molecule has 19 heavy (non-hydrogen) atoms. The number of hydrogen-bond acceptors (Lipinski definition) is 3. The van der Waals surface area contributed by atoms with Crippen molar-refractivity contribution in [2.75, 3.05) is 0 Å². The molecule has 0 aromatic heterocycles. The Morgan fingerprint density at radius 3 is 2.05 bits per heavy atom. The van der Waals surface area contributed by atoms with Crippen molar-refractivity contribution >= 4 is 11.8 Å². The molecule has 0 N–H and O–H groups in total. The van der Waals surface area contributed by atoms with E-state index in [9.17, 15) is 9.59 Å². The predicted molar refractivity (Wildman–Crippen MR) is 72.2 cm³/mol. The van der Waals surface area contributed by atoms with E-state index in [4.69, 9.17) is 4.74 Å². The van der Waals surface area contributed by atoms with E-state index in [-0.39, 0.29) is 11.8 Å². The molecule has 3 heteroatoms. The average Bonchev–Trinajstić information content (AvgIpc) is 2.48. The fourth-order valence-corrected chi connectivity index (χ4v) is 1.63. The van der Waals surface area contributed by atoms with Crippen LogP contribution >= 0.6 is 0 Å². The Balaban J connectivity index is 2.15. The van der Waals surface area contributed by atoms with Crippen LogP contribution in [0.4, 0.5) is 0 Å². The summed E-state index contributed by atoms with van der Waals surface area (Å²) in [7, 11) is 0. The number of ketones is 1. The highest BCUT2D eigenvalue weighted by Gasteiger charge is 2.09. The molecule has 0 saturated carbocycles. The lowest BCUT2D eigenvalue weighted by atomic mass is 10.0. The molecule has 0 aliphatic carbocycles.